The molecule has 0 aliphatic carbocycles. The van der Waals surface area contributed by atoms with E-state index in [0.717, 1.165) is 12.1 Å². The number of benzene rings is 2. The first-order valence-electron chi connectivity index (χ1n) is 7.17. The number of amides is 1. The van der Waals surface area contributed by atoms with Crippen LogP contribution in [0.4, 0.5) is 18.9 Å². The van der Waals surface area contributed by atoms with Crippen molar-refractivity contribution in [1.29, 1.82) is 0 Å². The maximum atomic E-state index is 12.5. The highest BCUT2D eigenvalue weighted by atomic mass is 19.4. The fourth-order valence-electron chi connectivity index (χ4n) is 2.15. The molecule has 2 aromatic carbocycles. The van der Waals surface area contributed by atoms with Crippen LogP contribution in [0, 0.1) is 0 Å². The van der Waals surface area contributed by atoms with Gasteiger partial charge in [-0.05, 0) is 42.3 Å². The molecule has 0 spiro atoms. The molecule has 0 fully saturated rings. The SMILES string of the molecule is C/C(=C\C(=O)Nc1ccccc1C(=O)O)c1ccc(C(F)(F)F)cc1. The van der Waals surface area contributed by atoms with Crippen LogP contribution in [0.25, 0.3) is 5.57 Å². The number of halogens is 3. The number of alkyl halides is 3. The summed E-state index contributed by atoms with van der Waals surface area (Å²) in [5.41, 5.74) is 0.200. The Balaban J connectivity index is 2.17. The first-order chi connectivity index (χ1) is 11.7. The molecule has 0 aromatic heterocycles. The highest BCUT2D eigenvalue weighted by Gasteiger charge is 2.29. The average Bonchev–Trinajstić information content (AvgIpc) is 2.54. The average molecular weight is 349 g/mol. The zero-order chi connectivity index (χ0) is 18.6. The first kappa shape index (κ1) is 18.3. The number of rotatable bonds is 4. The van der Waals surface area contributed by atoms with Crippen LogP contribution in [-0.2, 0) is 11.0 Å². The van der Waals surface area contributed by atoms with E-state index in [0.29, 0.717) is 11.1 Å². The third kappa shape index (κ3) is 4.69. The molecule has 4 nitrogen and oxygen atoms in total. The molecule has 0 radical (unpaired) electrons. The van der Waals surface area contributed by atoms with E-state index in [9.17, 15) is 22.8 Å². The fraction of sp³-hybridized carbons (Fsp3) is 0.111. The van der Waals surface area contributed by atoms with Crippen LogP contribution in [0.1, 0.15) is 28.4 Å². The lowest BCUT2D eigenvalue weighted by molar-refractivity contribution is -0.137. The van der Waals surface area contributed by atoms with Crippen molar-refractivity contribution in [2.45, 2.75) is 13.1 Å². The molecule has 0 saturated carbocycles. The van der Waals surface area contributed by atoms with Crippen LogP contribution in [0.15, 0.2) is 54.6 Å². The summed E-state index contributed by atoms with van der Waals surface area (Å²) in [5.74, 6) is -1.76. The van der Waals surface area contributed by atoms with E-state index in [1.54, 1.807) is 13.0 Å². The largest absolute Gasteiger partial charge is 0.478 e. The lowest BCUT2D eigenvalue weighted by atomic mass is 10.0. The summed E-state index contributed by atoms with van der Waals surface area (Å²) in [5, 5.41) is 11.5. The summed E-state index contributed by atoms with van der Waals surface area (Å²) in [6.45, 7) is 1.57. The summed E-state index contributed by atoms with van der Waals surface area (Å²) in [7, 11) is 0. The molecule has 0 bridgehead atoms. The van der Waals surface area contributed by atoms with Gasteiger partial charge < -0.3 is 10.4 Å². The van der Waals surface area contributed by atoms with Crippen LogP contribution in [0.5, 0.6) is 0 Å². The number of aromatic carboxylic acids is 1. The van der Waals surface area contributed by atoms with Crippen LogP contribution < -0.4 is 5.32 Å². The maximum absolute atomic E-state index is 12.5. The van der Waals surface area contributed by atoms with Crippen molar-refractivity contribution in [3.05, 3.63) is 71.3 Å². The minimum absolute atomic E-state index is 0.0589. The minimum atomic E-state index is -4.42. The number of para-hydroxylation sites is 1. The first-order valence-corrected chi connectivity index (χ1v) is 7.17. The van der Waals surface area contributed by atoms with Crippen molar-refractivity contribution in [3.8, 4) is 0 Å². The second-order valence-electron chi connectivity index (χ2n) is 5.24. The van der Waals surface area contributed by atoms with Crippen LogP contribution in [-0.4, -0.2) is 17.0 Å². The monoisotopic (exact) mass is 349 g/mol. The molecule has 2 N–H and O–H groups in total. The van der Waals surface area contributed by atoms with E-state index in [2.05, 4.69) is 5.32 Å². The van der Waals surface area contributed by atoms with Crippen molar-refractivity contribution in [2.75, 3.05) is 5.32 Å². The maximum Gasteiger partial charge on any atom is 0.416 e. The van der Waals surface area contributed by atoms with Crippen molar-refractivity contribution in [3.63, 3.8) is 0 Å². The van der Waals surface area contributed by atoms with Crippen molar-refractivity contribution < 1.29 is 27.9 Å². The molecular formula is C18H14F3NO3. The fourth-order valence-corrected chi connectivity index (χ4v) is 2.15. The predicted molar refractivity (Wildman–Crippen MR) is 87.1 cm³/mol. The Morgan fingerprint density at radius 3 is 2.20 bits per heavy atom. The molecule has 0 aliphatic heterocycles. The standard InChI is InChI=1S/C18H14F3NO3/c1-11(12-6-8-13(9-7-12)18(19,20)21)10-16(23)22-15-5-3-2-4-14(15)17(24)25/h2-10H,1H3,(H,22,23)(H,24,25)/b11-10+. The third-order valence-corrected chi connectivity index (χ3v) is 3.43. The molecule has 1 amide bonds. The highest BCUT2D eigenvalue weighted by Crippen LogP contribution is 2.30. The second kappa shape index (κ2) is 7.21. The Kier molecular flexibility index (Phi) is 5.26. The van der Waals surface area contributed by atoms with Gasteiger partial charge in [-0.3, -0.25) is 4.79 Å². The van der Waals surface area contributed by atoms with Gasteiger partial charge in [-0.1, -0.05) is 24.3 Å². The van der Waals surface area contributed by atoms with E-state index in [1.807, 2.05) is 0 Å². The van der Waals surface area contributed by atoms with Gasteiger partial charge in [0.15, 0.2) is 0 Å². The number of anilines is 1. The van der Waals surface area contributed by atoms with Crippen LogP contribution >= 0.6 is 0 Å². The van der Waals surface area contributed by atoms with Gasteiger partial charge >= 0.3 is 12.1 Å². The molecule has 2 aromatic rings. The van der Waals surface area contributed by atoms with E-state index in [-0.39, 0.29) is 11.3 Å². The van der Waals surface area contributed by atoms with Crippen molar-refractivity contribution in [1.82, 2.24) is 0 Å². The Labute approximate surface area is 141 Å². The molecule has 2 rings (SSSR count). The molecule has 0 atom stereocenters. The molecule has 0 aliphatic rings. The topological polar surface area (TPSA) is 66.4 Å². The van der Waals surface area contributed by atoms with Crippen LogP contribution in [0.3, 0.4) is 0 Å². The lowest BCUT2D eigenvalue weighted by Gasteiger charge is -2.09. The van der Waals surface area contributed by atoms with Crippen molar-refractivity contribution >= 4 is 23.1 Å². The summed E-state index contributed by atoms with van der Waals surface area (Å²) in [4.78, 5) is 23.1. The number of carboxylic acid groups (broad SMARTS) is 1. The molecule has 7 heteroatoms. The number of hydrogen-bond donors (Lipinski definition) is 2. The smallest absolute Gasteiger partial charge is 0.416 e. The number of carbonyl (C=O) groups excluding carboxylic acids is 1. The number of nitrogens with one attached hydrogen (secondary N) is 1. The van der Waals surface area contributed by atoms with Gasteiger partial charge in [-0.25, -0.2) is 4.79 Å². The molecular weight excluding hydrogens is 335 g/mol. The zero-order valence-electron chi connectivity index (χ0n) is 13.1. The number of carbonyl (C=O) groups is 2. The van der Waals surface area contributed by atoms with Crippen LogP contribution in [0.2, 0.25) is 0 Å². The number of carboxylic acids is 1. The summed E-state index contributed by atoms with van der Waals surface area (Å²) in [6.07, 6.45) is -3.23. The van der Waals surface area contributed by atoms with Gasteiger partial charge in [0.05, 0.1) is 16.8 Å². The van der Waals surface area contributed by atoms with Gasteiger partial charge in [0.25, 0.3) is 0 Å². The molecule has 0 heterocycles. The Morgan fingerprint density at radius 2 is 1.64 bits per heavy atom. The Hall–Kier alpha value is -3.09. The third-order valence-electron chi connectivity index (χ3n) is 3.43. The van der Waals surface area contributed by atoms with Gasteiger partial charge in [-0.15, -0.1) is 0 Å². The lowest BCUT2D eigenvalue weighted by Crippen LogP contribution is -2.12. The normalized spacial score (nSPS) is 11.9. The number of hydrogen-bond acceptors (Lipinski definition) is 2. The quantitative estimate of drug-likeness (QED) is 0.802. The molecule has 0 saturated heterocycles. The predicted octanol–water partition coefficient (Wildman–Crippen LogP) is 4.45. The van der Waals surface area contributed by atoms with Gasteiger partial charge in [0.1, 0.15) is 0 Å². The van der Waals surface area contributed by atoms with Gasteiger partial charge in [0.2, 0.25) is 5.91 Å². The highest BCUT2D eigenvalue weighted by molar-refractivity contribution is 6.07. The summed E-state index contributed by atoms with van der Waals surface area (Å²) < 4.78 is 37.6. The summed E-state index contributed by atoms with van der Waals surface area (Å²) >= 11 is 0. The van der Waals surface area contributed by atoms with E-state index in [4.69, 9.17) is 5.11 Å². The zero-order valence-corrected chi connectivity index (χ0v) is 13.1. The Bertz CT molecular complexity index is 824. The van der Waals surface area contributed by atoms with E-state index in [1.165, 1.54) is 36.4 Å². The molecule has 0 unspecified atom stereocenters. The summed E-state index contributed by atoms with van der Waals surface area (Å²) in [6, 6.07) is 10.3. The second-order valence-corrected chi connectivity index (χ2v) is 5.24. The van der Waals surface area contributed by atoms with Gasteiger partial charge in [0, 0.05) is 6.08 Å². The Morgan fingerprint density at radius 1 is 1.04 bits per heavy atom. The van der Waals surface area contributed by atoms with Crippen molar-refractivity contribution in [2.24, 2.45) is 0 Å². The minimum Gasteiger partial charge on any atom is -0.478 e. The van der Waals surface area contributed by atoms with Gasteiger partial charge in [-0.2, -0.15) is 13.2 Å². The molecule has 25 heavy (non-hydrogen) atoms. The molecule has 130 valence electrons. The van der Waals surface area contributed by atoms with E-state index >= 15 is 0 Å². The van der Waals surface area contributed by atoms with E-state index < -0.39 is 23.6 Å². The number of allylic oxidation sites excluding steroid dienone is 1.